The van der Waals surface area contributed by atoms with Gasteiger partial charge in [0.15, 0.2) is 0 Å². The highest BCUT2D eigenvalue weighted by molar-refractivity contribution is 8.00. The molecule has 110 valence electrons. The lowest BCUT2D eigenvalue weighted by Crippen LogP contribution is -2.14. The van der Waals surface area contributed by atoms with Crippen molar-refractivity contribution < 1.29 is 13.6 Å². The summed E-state index contributed by atoms with van der Waals surface area (Å²) in [4.78, 5) is 12.4. The number of carbonyl (C=O) groups is 1. The molecule has 0 unspecified atom stereocenters. The minimum Gasteiger partial charge on any atom is -0.396 e. The Hall–Kier alpha value is -1.79. The molecule has 0 aromatic heterocycles. The van der Waals surface area contributed by atoms with Crippen LogP contribution < -0.4 is 11.1 Å². The van der Waals surface area contributed by atoms with E-state index in [0.29, 0.717) is 10.6 Å². The van der Waals surface area contributed by atoms with Crippen LogP contribution in [0.4, 0.5) is 20.2 Å². The van der Waals surface area contributed by atoms with Crippen LogP contribution in [0.2, 0.25) is 5.02 Å². The molecule has 1 amide bonds. The van der Waals surface area contributed by atoms with E-state index in [1.54, 1.807) is 6.07 Å². The van der Waals surface area contributed by atoms with Gasteiger partial charge in [0.2, 0.25) is 5.91 Å². The monoisotopic (exact) mass is 328 g/mol. The van der Waals surface area contributed by atoms with Crippen LogP contribution in [0.3, 0.4) is 0 Å². The molecule has 2 rings (SSSR count). The van der Waals surface area contributed by atoms with Crippen molar-refractivity contribution in [3.63, 3.8) is 0 Å². The molecule has 0 fully saturated rings. The summed E-state index contributed by atoms with van der Waals surface area (Å²) in [7, 11) is 0. The van der Waals surface area contributed by atoms with Crippen LogP contribution in [-0.4, -0.2) is 11.7 Å². The van der Waals surface area contributed by atoms with Gasteiger partial charge in [-0.3, -0.25) is 4.79 Å². The number of thioether (sulfide) groups is 1. The molecule has 0 aliphatic rings. The smallest absolute Gasteiger partial charge is 0.234 e. The van der Waals surface area contributed by atoms with E-state index in [2.05, 4.69) is 5.32 Å². The van der Waals surface area contributed by atoms with E-state index in [-0.39, 0.29) is 22.4 Å². The fraction of sp³-hybridized carbons (Fsp3) is 0.0714. The fourth-order valence-corrected chi connectivity index (χ4v) is 2.46. The van der Waals surface area contributed by atoms with E-state index in [1.165, 1.54) is 24.3 Å². The minimum atomic E-state index is -0.526. The summed E-state index contributed by atoms with van der Waals surface area (Å²) in [6.45, 7) is 0. The number of nitrogen functional groups attached to an aromatic ring is 1. The molecular formula is C14H11ClF2N2OS. The molecule has 3 N–H and O–H groups in total. The van der Waals surface area contributed by atoms with Crippen LogP contribution in [0.1, 0.15) is 0 Å². The Balaban J connectivity index is 1.94. The van der Waals surface area contributed by atoms with Gasteiger partial charge in [0.25, 0.3) is 0 Å². The van der Waals surface area contributed by atoms with E-state index in [1.807, 2.05) is 0 Å². The van der Waals surface area contributed by atoms with Crippen LogP contribution in [-0.2, 0) is 4.79 Å². The van der Waals surface area contributed by atoms with Crippen LogP contribution in [0.5, 0.6) is 0 Å². The van der Waals surface area contributed by atoms with Gasteiger partial charge in [-0.25, -0.2) is 8.78 Å². The average Bonchev–Trinajstić information content (AvgIpc) is 2.43. The van der Waals surface area contributed by atoms with E-state index in [9.17, 15) is 13.6 Å². The van der Waals surface area contributed by atoms with E-state index in [4.69, 9.17) is 17.3 Å². The molecular weight excluding hydrogens is 318 g/mol. The molecule has 0 spiro atoms. The third-order valence-corrected chi connectivity index (χ3v) is 3.85. The van der Waals surface area contributed by atoms with Gasteiger partial charge in [0.05, 0.1) is 22.2 Å². The first-order chi connectivity index (χ1) is 9.95. The predicted octanol–water partition coefficient (Wildman–Crippen LogP) is 3.93. The van der Waals surface area contributed by atoms with Gasteiger partial charge in [-0.2, -0.15) is 0 Å². The molecule has 0 atom stereocenters. The zero-order chi connectivity index (χ0) is 15.4. The summed E-state index contributed by atoms with van der Waals surface area (Å²) in [5, 5.41) is 2.67. The van der Waals surface area contributed by atoms with Gasteiger partial charge < -0.3 is 11.1 Å². The van der Waals surface area contributed by atoms with Crippen molar-refractivity contribution in [1.29, 1.82) is 0 Å². The lowest BCUT2D eigenvalue weighted by Gasteiger charge is -2.07. The molecule has 0 saturated heterocycles. The Morgan fingerprint density at radius 2 is 2.00 bits per heavy atom. The Kier molecular flexibility index (Phi) is 5.03. The van der Waals surface area contributed by atoms with Crippen molar-refractivity contribution in [3.8, 4) is 0 Å². The van der Waals surface area contributed by atoms with Crippen molar-refractivity contribution in [1.82, 2.24) is 0 Å². The third-order valence-electron chi connectivity index (χ3n) is 2.55. The van der Waals surface area contributed by atoms with Gasteiger partial charge in [-0.1, -0.05) is 11.6 Å². The number of carbonyl (C=O) groups excluding carboxylic acids is 1. The second-order valence-corrected chi connectivity index (χ2v) is 5.60. The van der Waals surface area contributed by atoms with Crippen LogP contribution in [0, 0.1) is 11.6 Å². The SMILES string of the molecule is Nc1ccc(SCC(=O)Nc2ccc(F)cc2Cl)cc1F. The summed E-state index contributed by atoms with van der Waals surface area (Å²) in [6, 6.07) is 8.01. The number of nitrogens with two attached hydrogens (primary N) is 1. The Morgan fingerprint density at radius 1 is 1.24 bits per heavy atom. The fourth-order valence-electron chi connectivity index (χ4n) is 1.52. The molecule has 0 bridgehead atoms. The summed E-state index contributed by atoms with van der Waals surface area (Å²) in [6.07, 6.45) is 0. The lowest BCUT2D eigenvalue weighted by atomic mass is 10.3. The molecule has 2 aromatic carbocycles. The van der Waals surface area contributed by atoms with Crippen LogP contribution in [0.15, 0.2) is 41.3 Å². The standard InChI is InChI=1S/C14H11ClF2N2OS/c15-10-5-8(16)1-4-13(10)19-14(20)7-21-9-2-3-12(18)11(17)6-9/h1-6H,7,18H2,(H,19,20). The minimum absolute atomic E-state index is 0.0573. The highest BCUT2D eigenvalue weighted by Crippen LogP contribution is 2.24. The summed E-state index contributed by atoms with van der Waals surface area (Å²) < 4.78 is 26.1. The van der Waals surface area contributed by atoms with Crippen LogP contribution >= 0.6 is 23.4 Å². The Bertz CT molecular complexity index is 682. The molecule has 7 heteroatoms. The summed E-state index contributed by atoms with van der Waals surface area (Å²) >= 11 is 6.96. The van der Waals surface area contributed by atoms with E-state index < -0.39 is 11.6 Å². The molecule has 2 aromatic rings. The van der Waals surface area contributed by atoms with Gasteiger partial charge in [0, 0.05) is 4.90 Å². The molecule has 0 radical (unpaired) electrons. The zero-order valence-electron chi connectivity index (χ0n) is 10.7. The number of hydrogen-bond donors (Lipinski definition) is 2. The molecule has 0 heterocycles. The van der Waals surface area contributed by atoms with Crippen molar-refractivity contribution >= 4 is 40.6 Å². The molecule has 21 heavy (non-hydrogen) atoms. The number of rotatable bonds is 4. The average molecular weight is 329 g/mol. The van der Waals surface area contributed by atoms with E-state index >= 15 is 0 Å². The first kappa shape index (κ1) is 15.6. The molecule has 0 aliphatic carbocycles. The summed E-state index contributed by atoms with van der Waals surface area (Å²) in [5.41, 5.74) is 5.75. The predicted molar refractivity (Wildman–Crippen MR) is 81.6 cm³/mol. The van der Waals surface area contributed by atoms with Crippen molar-refractivity contribution in [2.45, 2.75) is 4.90 Å². The number of halogens is 3. The highest BCUT2D eigenvalue weighted by atomic mass is 35.5. The molecule has 0 saturated carbocycles. The largest absolute Gasteiger partial charge is 0.396 e. The number of nitrogens with one attached hydrogen (secondary N) is 1. The highest BCUT2D eigenvalue weighted by Gasteiger charge is 2.08. The molecule has 0 aliphatic heterocycles. The molecule has 3 nitrogen and oxygen atoms in total. The second-order valence-electron chi connectivity index (χ2n) is 4.14. The van der Waals surface area contributed by atoms with Gasteiger partial charge in [-0.15, -0.1) is 11.8 Å². The maximum absolute atomic E-state index is 13.2. The number of benzene rings is 2. The zero-order valence-corrected chi connectivity index (χ0v) is 12.3. The van der Waals surface area contributed by atoms with Gasteiger partial charge in [0.1, 0.15) is 11.6 Å². The second kappa shape index (κ2) is 6.78. The normalized spacial score (nSPS) is 10.4. The van der Waals surface area contributed by atoms with Crippen molar-refractivity contribution in [3.05, 3.63) is 53.1 Å². The quantitative estimate of drug-likeness (QED) is 0.660. The third kappa shape index (κ3) is 4.34. The maximum Gasteiger partial charge on any atom is 0.234 e. The van der Waals surface area contributed by atoms with Gasteiger partial charge >= 0.3 is 0 Å². The van der Waals surface area contributed by atoms with Crippen molar-refractivity contribution in [2.24, 2.45) is 0 Å². The first-order valence-corrected chi connectivity index (χ1v) is 7.25. The number of anilines is 2. The Morgan fingerprint density at radius 3 is 2.67 bits per heavy atom. The Labute approximate surface area is 129 Å². The number of amides is 1. The summed E-state index contributed by atoms with van der Waals surface area (Å²) in [5.74, 6) is -1.27. The maximum atomic E-state index is 13.2. The van der Waals surface area contributed by atoms with Crippen molar-refractivity contribution in [2.75, 3.05) is 16.8 Å². The van der Waals surface area contributed by atoms with Crippen LogP contribution in [0.25, 0.3) is 0 Å². The van der Waals surface area contributed by atoms with E-state index in [0.717, 1.165) is 17.8 Å². The number of hydrogen-bond acceptors (Lipinski definition) is 3. The lowest BCUT2D eigenvalue weighted by molar-refractivity contribution is -0.113. The topological polar surface area (TPSA) is 55.1 Å². The van der Waals surface area contributed by atoms with Gasteiger partial charge in [-0.05, 0) is 36.4 Å². The first-order valence-electron chi connectivity index (χ1n) is 5.88.